The number of rotatable bonds is 6. The van der Waals surface area contributed by atoms with Gasteiger partial charge in [0, 0.05) is 12.1 Å². The van der Waals surface area contributed by atoms with Crippen molar-refractivity contribution in [2.75, 3.05) is 13.6 Å². The van der Waals surface area contributed by atoms with Crippen LogP contribution in [0.1, 0.15) is 47.0 Å². The third kappa shape index (κ3) is 3.23. The van der Waals surface area contributed by atoms with Crippen molar-refractivity contribution < 1.29 is 9.90 Å². The molecule has 0 aromatic heterocycles. The van der Waals surface area contributed by atoms with E-state index in [1.807, 2.05) is 0 Å². The third-order valence-electron chi connectivity index (χ3n) is 4.41. The smallest absolute Gasteiger partial charge is 0.323 e. The molecule has 0 aromatic rings. The zero-order valence-electron chi connectivity index (χ0n) is 12.4. The van der Waals surface area contributed by atoms with E-state index in [4.69, 9.17) is 0 Å². The molecule has 1 saturated heterocycles. The highest BCUT2D eigenvalue weighted by Gasteiger charge is 2.37. The maximum Gasteiger partial charge on any atom is 0.323 e. The highest BCUT2D eigenvalue weighted by molar-refractivity contribution is 5.78. The summed E-state index contributed by atoms with van der Waals surface area (Å²) in [5.74, 6) is -0.127. The Morgan fingerprint density at radius 1 is 1.50 bits per heavy atom. The van der Waals surface area contributed by atoms with Crippen molar-refractivity contribution in [1.29, 1.82) is 0 Å². The summed E-state index contributed by atoms with van der Waals surface area (Å²) in [4.78, 5) is 13.8. The Kier molecular flexibility index (Phi) is 5.17. The lowest BCUT2D eigenvalue weighted by Crippen LogP contribution is -2.53. The summed E-state index contributed by atoms with van der Waals surface area (Å²) in [5.41, 5.74) is -0.830. The van der Waals surface area contributed by atoms with Crippen molar-refractivity contribution >= 4 is 5.97 Å². The molecule has 1 heterocycles. The maximum atomic E-state index is 11.3. The Labute approximate surface area is 111 Å². The number of nitrogens with one attached hydrogen (secondary N) is 1. The van der Waals surface area contributed by atoms with E-state index in [0.29, 0.717) is 24.4 Å². The number of aliphatic carboxylic acids is 1. The monoisotopic (exact) mass is 256 g/mol. The van der Waals surface area contributed by atoms with E-state index in [2.05, 4.69) is 31.0 Å². The zero-order valence-corrected chi connectivity index (χ0v) is 12.4. The molecule has 1 rings (SSSR count). The number of carboxylic acid groups (broad SMARTS) is 1. The van der Waals surface area contributed by atoms with Gasteiger partial charge in [-0.25, -0.2) is 0 Å². The third-order valence-corrected chi connectivity index (χ3v) is 4.41. The molecule has 0 amide bonds. The second-order valence-electron chi connectivity index (χ2n) is 6.13. The van der Waals surface area contributed by atoms with Gasteiger partial charge in [0.2, 0.25) is 0 Å². The highest BCUT2D eigenvalue weighted by Crippen LogP contribution is 2.28. The van der Waals surface area contributed by atoms with E-state index in [-0.39, 0.29) is 0 Å². The van der Waals surface area contributed by atoms with Gasteiger partial charge in [0.15, 0.2) is 0 Å². The van der Waals surface area contributed by atoms with Crippen LogP contribution in [-0.4, -0.2) is 47.2 Å². The fraction of sp³-hybridized carbons (Fsp3) is 0.929. The molecule has 0 spiro atoms. The van der Waals surface area contributed by atoms with Crippen LogP contribution in [0.25, 0.3) is 0 Å². The highest BCUT2D eigenvalue weighted by atomic mass is 16.4. The molecule has 18 heavy (non-hydrogen) atoms. The average molecular weight is 256 g/mol. The number of likely N-dealkylation sites (N-methyl/N-ethyl adjacent to an activating group) is 1. The predicted octanol–water partition coefficient (Wildman–Crippen LogP) is 1.95. The van der Waals surface area contributed by atoms with E-state index in [0.717, 1.165) is 6.54 Å². The van der Waals surface area contributed by atoms with Gasteiger partial charge < -0.3 is 10.4 Å². The molecule has 0 bridgehead atoms. The lowest BCUT2D eigenvalue weighted by molar-refractivity contribution is -0.144. The Morgan fingerprint density at radius 2 is 2.11 bits per heavy atom. The molecule has 1 fully saturated rings. The second-order valence-corrected chi connectivity index (χ2v) is 6.13. The van der Waals surface area contributed by atoms with Crippen molar-refractivity contribution in [2.45, 2.75) is 64.6 Å². The second kappa shape index (κ2) is 6.02. The molecule has 3 atom stereocenters. The quantitative estimate of drug-likeness (QED) is 0.762. The molecule has 4 heteroatoms. The van der Waals surface area contributed by atoms with Crippen LogP contribution in [0.4, 0.5) is 0 Å². The van der Waals surface area contributed by atoms with Crippen LogP contribution in [0.3, 0.4) is 0 Å². The van der Waals surface area contributed by atoms with E-state index < -0.39 is 11.5 Å². The van der Waals surface area contributed by atoms with E-state index in [1.165, 1.54) is 12.8 Å². The lowest BCUT2D eigenvalue weighted by atomic mass is 9.92. The van der Waals surface area contributed by atoms with Gasteiger partial charge in [0.1, 0.15) is 5.54 Å². The SMILES string of the molecule is CNC(C)(CC(C)N1CCCC1C(C)C)C(=O)O. The van der Waals surface area contributed by atoms with Gasteiger partial charge in [0.25, 0.3) is 0 Å². The summed E-state index contributed by atoms with van der Waals surface area (Å²) in [6.07, 6.45) is 3.12. The van der Waals surface area contributed by atoms with Crippen molar-refractivity contribution in [2.24, 2.45) is 5.92 Å². The molecule has 0 radical (unpaired) electrons. The Balaban J connectivity index is 2.69. The summed E-state index contributed by atoms with van der Waals surface area (Å²) in [6.45, 7) is 9.53. The van der Waals surface area contributed by atoms with Crippen LogP contribution < -0.4 is 5.32 Å². The van der Waals surface area contributed by atoms with Crippen LogP contribution in [0, 0.1) is 5.92 Å². The van der Waals surface area contributed by atoms with Gasteiger partial charge in [0.05, 0.1) is 0 Å². The zero-order chi connectivity index (χ0) is 13.9. The first-order chi connectivity index (χ1) is 8.31. The van der Waals surface area contributed by atoms with Crippen LogP contribution in [0.5, 0.6) is 0 Å². The van der Waals surface area contributed by atoms with Gasteiger partial charge in [-0.3, -0.25) is 9.69 Å². The standard InChI is InChI=1S/C14H28N2O2/c1-10(2)12-7-6-8-16(12)11(3)9-14(4,15-5)13(17)18/h10-12,15H,6-9H2,1-5H3,(H,17,18). The number of carboxylic acids is 1. The minimum atomic E-state index is -0.830. The van der Waals surface area contributed by atoms with Gasteiger partial charge in [-0.1, -0.05) is 13.8 Å². The molecular weight excluding hydrogens is 228 g/mol. The molecule has 1 aliphatic heterocycles. The van der Waals surface area contributed by atoms with Crippen molar-refractivity contribution in [1.82, 2.24) is 10.2 Å². The number of likely N-dealkylation sites (tertiary alicyclic amines) is 1. The molecule has 2 N–H and O–H groups in total. The number of hydrogen-bond acceptors (Lipinski definition) is 3. The first kappa shape index (κ1) is 15.4. The van der Waals surface area contributed by atoms with Crippen LogP contribution in [0.15, 0.2) is 0 Å². The minimum absolute atomic E-state index is 0.299. The Bertz CT molecular complexity index is 294. The summed E-state index contributed by atoms with van der Waals surface area (Å²) in [5, 5.41) is 12.3. The first-order valence-corrected chi connectivity index (χ1v) is 7.00. The number of nitrogens with zero attached hydrogens (tertiary/aromatic N) is 1. The number of hydrogen-bond donors (Lipinski definition) is 2. The van der Waals surface area contributed by atoms with Crippen LogP contribution >= 0.6 is 0 Å². The fourth-order valence-electron chi connectivity index (χ4n) is 3.08. The number of carbonyl (C=O) groups is 1. The summed E-state index contributed by atoms with van der Waals surface area (Å²) in [6, 6.07) is 0.906. The predicted molar refractivity (Wildman–Crippen MR) is 73.7 cm³/mol. The van der Waals surface area contributed by atoms with E-state index in [1.54, 1.807) is 14.0 Å². The van der Waals surface area contributed by atoms with Crippen molar-refractivity contribution in [3.8, 4) is 0 Å². The van der Waals surface area contributed by atoms with Crippen molar-refractivity contribution in [3.05, 3.63) is 0 Å². The summed E-state index contributed by atoms with van der Waals surface area (Å²) < 4.78 is 0. The van der Waals surface area contributed by atoms with Crippen molar-refractivity contribution in [3.63, 3.8) is 0 Å². The largest absolute Gasteiger partial charge is 0.480 e. The Morgan fingerprint density at radius 3 is 2.56 bits per heavy atom. The topological polar surface area (TPSA) is 52.6 Å². The van der Waals surface area contributed by atoms with Gasteiger partial charge in [-0.05, 0) is 52.6 Å². The molecule has 0 aromatic carbocycles. The molecule has 0 saturated carbocycles. The molecule has 3 unspecified atom stereocenters. The molecule has 0 aliphatic carbocycles. The Hall–Kier alpha value is -0.610. The van der Waals surface area contributed by atoms with E-state index >= 15 is 0 Å². The lowest BCUT2D eigenvalue weighted by Gasteiger charge is -2.37. The minimum Gasteiger partial charge on any atom is -0.480 e. The summed E-state index contributed by atoms with van der Waals surface area (Å²) in [7, 11) is 1.73. The average Bonchev–Trinajstić information content (AvgIpc) is 2.77. The maximum absolute atomic E-state index is 11.3. The van der Waals surface area contributed by atoms with Crippen LogP contribution in [0.2, 0.25) is 0 Å². The molecule has 106 valence electrons. The van der Waals surface area contributed by atoms with E-state index in [9.17, 15) is 9.90 Å². The summed E-state index contributed by atoms with van der Waals surface area (Å²) >= 11 is 0. The first-order valence-electron chi connectivity index (χ1n) is 7.00. The van der Waals surface area contributed by atoms with Crippen LogP contribution in [-0.2, 0) is 4.79 Å². The van der Waals surface area contributed by atoms with Gasteiger partial charge in [-0.2, -0.15) is 0 Å². The van der Waals surface area contributed by atoms with Gasteiger partial charge >= 0.3 is 5.97 Å². The van der Waals surface area contributed by atoms with Gasteiger partial charge in [-0.15, -0.1) is 0 Å². The molecule has 1 aliphatic rings. The fourth-order valence-corrected chi connectivity index (χ4v) is 3.08. The normalized spacial score (nSPS) is 26.2. The molecular formula is C14H28N2O2. The molecule has 4 nitrogen and oxygen atoms in total.